The second-order valence-corrected chi connectivity index (χ2v) is 9.84. The molecule has 5 rings (SSSR count). The number of cyclic esters (lactones) is 1. The van der Waals surface area contributed by atoms with Gasteiger partial charge in [-0.25, -0.2) is 8.78 Å². The molecule has 2 aromatic heterocycles. The zero-order valence-corrected chi connectivity index (χ0v) is 20.0. The normalized spacial score (nSPS) is 29.8. The highest BCUT2D eigenvalue weighted by Gasteiger charge is 2.68. The molecule has 0 bridgehead atoms. The van der Waals surface area contributed by atoms with E-state index >= 15 is 8.78 Å². The number of fused-ring (bicyclic) bond motifs is 1. The molecule has 182 valence electrons. The minimum atomic E-state index is -3.08. The number of carbonyl (C=O) groups is 1. The van der Waals surface area contributed by atoms with E-state index in [-0.39, 0.29) is 12.2 Å². The van der Waals surface area contributed by atoms with Gasteiger partial charge in [0.05, 0.1) is 11.1 Å². The molecule has 6 nitrogen and oxygen atoms in total. The Morgan fingerprint density at radius 1 is 1.17 bits per heavy atom. The molecule has 1 saturated carbocycles. The Labute approximate surface area is 206 Å². The number of halogens is 3. The van der Waals surface area contributed by atoms with E-state index in [1.54, 1.807) is 25.3 Å². The summed E-state index contributed by atoms with van der Waals surface area (Å²) in [6, 6.07) is 11.2. The highest BCUT2D eigenvalue weighted by molar-refractivity contribution is 6.33. The summed E-state index contributed by atoms with van der Waals surface area (Å²) in [5, 5.41) is 4.39. The lowest BCUT2D eigenvalue weighted by Crippen LogP contribution is -2.54. The molecule has 5 atom stereocenters. The maximum atomic E-state index is 15.3. The molecule has 0 N–H and O–H groups in total. The number of nitrogens with zero attached hydrogens (tertiary/aromatic N) is 3. The number of ether oxygens (including phenoxy) is 1. The number of pyridine rings is 1. The van der Waals surface area contributed by atoms with Crippen LogP contribution in [0.3, 0.4) is 0 Å². The summed E-state index contributed by atoms with van der Waals surface area (Å²) in [4.78, 5) is 21.5. The topological polar surface area (TPSA) is 78.1 Å². The first kappa shape index (κ1) is 23.6. The molecular weight excluding hydrogens is 476 g/mol. The van der Waals surface area contributed by atoms with Gasteiger partial charge >= 0.3 is 5.97 Å². The fourth-order valence-electron chi connectivity index (χ4n) is 5.65. The predicted octanol–water partition coefficient (Wildman–Crippen LogP) is 5.88. The molecule has 0 spiro atoms. The molecule has 0 radical (unpaired) electrons. The van der Waals surface area contributed by atoms with Gasteiger partial charge in [-0.2, -0.15) is 4.98 Å². The molecule has 2 aliphatic rings. The molecule has 35 heavy (non-hydrogen) atoms. The molecule has 1 saturated heterocycles. The van der Waals surface area contributed by atoms with Gasteiger partial charge in [0.25, 0.3) is 5.92 Å². The van der Waals surface area contributed by atoms with Gasteiger partial charge in [-0.3, -0.25) is 9.78 Å². The standard InChI is InChI=1S/C26H24ClF2N3O3/c1-15-19(10-9-18-8-7-17(12-30-18)20-5-3-4-6-21(20)27)23-16(2)35-24(33)25(23,13-26(15,28)29)11-22-31-14-34-32-22/h3-10,12,14-16,19,23H,11,13H2,1-2H3/b10-9+/t15-,16+,19-,23-,25+/m0/s1. The van der Waals surface area contributed by atoms with E-state index < -0.39 is 47.6 Å². The van der Waals surface area contributed by atoms with E-state index in [0.717, 1.165) is 17.5 Å². The van der Waals surface area contributed by atoms with Crippen LogP contribution < -0.4 is 0 Å². The van der Waals surface area contributed by atoms with Gasteiger partial charge in [-0.1, -0.05) is 54.0 Å². The summed E-state index contributed by atoms with van der Waals surface area (Å²) in [5.74, 6) is -5.60. The first-order chi connectivity index (χ1) is 16.7. The Bertz CT molecular complexity index is 1250. The van der Waals surface area contributed by atoms with Crippen LogP contribution in [0.5, 0.6) is 0 Å². The summed E-state index contributed by atoms with van der Waals surface area (Å²) < 4.78 is 41.0. The number of hydrogen-bond acceptors (Lipinski definition) is 6. The zero-order chi connectivity index (χ0) is 24.8. The molecule has 9 heteroatoms. The van der Waals surface area contributed by atoms with Crippen LogP contribution in [0.2, 0.25) is 5.02 Å². The molecule has 0 amide bonds. The van der Waals surface area contributed by atoms with E-state index in [1.165, 1.54) is 6.92 Å². The van der Waals surface area contributed by atoms with Crippen molar-refractivity contribution in [2.75, 3.05) is 0 Å². The molecule has 1 aliphatic carbocycles. The summed E-state index contributed by atoms with van der Waals surface area (Å²) in [6.45, 7) is 3.28. The molecule has 1 aromatic carbocycles. The summed E-state index contributed by atoms with van der Waals surface area (Å²) in [5.41, 5.74) is 0.895. The Morgan fingerprint density at radius 3 is 2.66 bits per heavy atom. The van der Waals surface area contributed by atoms with Crippen molar-refractivity contribution in [1.82, 2.24) is 15.1 Å². The van der Waals surface area contributed by atoms with Crippen LogP contribution in [0.15, 0.2) is 59.6 Å². The number of aromatic nitrogens is 3. The number of hydrogen-bond donors (Lipinski definition) is 0. The SMILES string of the molecule is C[C@H]1OC(=O)[C@]2(Cc3ncon3)CC(F)(F)[C@@H](C)[C@H](/C=C/c3ccc(-c4ccccc4Cl)cn3)[C@H]12. The van der Waals surface area contributed by atoms with Gasteiger partial charge < -0.3 is 9.26 Å². The molecule has 0 unspecified atom stereocenters. The molecule has 3 aromatic rings. The first-order valence-electron chi connectivity index (χ1n) is 11.4. The second-order valence-electron chi connectivity index (χ2n) is 9.43. The van der Waals surface area contributed by atoms with Crippen molar-refractivity contribution in [2.45, 2.75) is 38.7 Å². The van der Waals surface area contributed by atoms with Crippen molar-refractivity contribution in [3.05, 3.63) is 71.6 Å². The van der Waals surface area contributed by atoms with Crippen LogP contribution in [0.1, 0.15) is 31.8 Å². The number of alkyl halides is 2. The largest absolute Gasteiger partial charge is 0.462 e. The monoisotopic (exact) mass is 499 g/mol. The van der Waals surface area contributed by atoms with Gasteiger partial charge in [-0.05, 0) is 31.1 Å². The predicted molar refractivity (Wildman–Crippen MR) is 125 cm³/mol. The highest BCUT2D eigenvalue weighted by Crippen LogP contribution is 2.60. The maximum Gasteiger partial charge on any atom is 0.313 e. The van der Waals surface area contributed by atoms with Crippen LogP contribution >= 0.6 is 11.6 Å². The minimum absolute atomic E-state index is 0.0607. The number of carbonyl (C=O) groups excluding carboxylic acids is 1. The summed E-state index contributed by atoms with van der Waals surface area (Å²) in [6.07, 6.45) is 5.09. The van der Waals surface area contributed by atoms with Crippen LogP contribution in [-0.2, 0) is 16.0 Å². The van der Waals surface area contributed by atoms with Crippen molar-refractivity contribution in [3.8, 4) is 11.1 Å². The smallest absolute Gasteiger partial charge is 0.313 e. The highest BCUT2D eigenvalue weighted by atomic mass is 35.5. The van der Waals surface area contributed by atoms with Crippen LogP contribution in [0, 0.1) is 23.2 Å². The Morgan fingerprint density at radius 2 is 1.97 bits per heavy atom. The van der Waals surface area contributed by atoms with Gasteiger partial charge in [0.2, 0.25) is 6.39 Å². The van der Waals surface area contributed by atoms with E-state index in [0.29, 0.717) is 10.7 Å². The Balaban J connectivity index is 1.47. The third-order valence-corrected chi connectivity index (χ3v) is 7.72. The van der Waals surface area contributed by atoms with Crippen LogP contribution in [-0.4, -0.2) is 33.1 Å². The molecule has 1 aliphatic heterocycles. The van der Waals surface area contributed by atoms with Crippen molar-refractivity contribution in [1.29, 1.82) is 0 Å². The van der Waals surface area contributed by atoms with E-state index in [2.05, 4.69) is 15.1 Å². The van der Waals surface area contributed by atoms with Crippen molar-refractivity contribution >= 4 is 23.6 Å². The van der Waals surface area contributed by atoms with Crippen LogP contribution in [0.25, 0.3) is 17.2 Å². The third kappa shape index (κ3) is 4.14. The Hall–Kier alpha value is -3.13. The number of allylic oxidation sites excluding steroid dienone is 1. The number of esters is 1. The number of rotatable bonds is 5. The zero-order valence-electron chi connectivity index (χ0n) is 19.2. The first-order valence-corrected chi connectivity index (χ1v) is 11.8. The van der Waals surface area contributed by atoms with E-state index in [4.69, 9.17) is 20.9 Å². The maximum absolute atomic E-state index is 15.3. The van der Waals surface area contributed by atoms with Gasteiger partial charge in [0, 0.05) is 47.0 Å². The molecule has 2 fully saturated rings. The van der Waals surface area contributed by atoms with Gasteiger partial charge in [0.15, 0.2) is 5.82 Å². The lowest BCUT2D eigenvalue weighted by molar-refractivity contribution is -0.171. The van der Waals surface area contributed by atoms with Crippen LogP contribution in [0.4, 0.5) is 8.78 Å². The van der Waals surface area contributed by atoms with Crippen molar-refractivity contribution in [2.24, 2.45) is 23.2 Å². The fraction of sp³-hybridized carbons (Fsp3) is 0.385. The van der Waals surface area contributed by atoms with Crippen molar-refractivity contribution in [3.63, 3.8) is 0 Å². The second kappa shape index (κ2) is 8.82. The van der Waals surface area contributed by atoms with Gasteiger partial charge in [0.1, 0.15) is 6.10 Å². The summed E-state index contributed by atoms with van der Waals surface area (Å²) in [7, 11) is 0. The van der Waals surface area contributed by atoms with Gasteiger partial charge in [-0.15, -0.1) is 0 Å². The average Bonchev–Trinajstić information content (AvgIpc) is 3.41. The van der Waals surface area contributed by atoms with Crippen molar-refractivity contribution < 1.29 is 22.8 Å². The lowest BCUT2D eigenvalue weighted by Gasteiger charge is -2.47. The quantitative estimate of drug-likeness (QED) is 0.408. The lowest BCUT2D eigenvalue weighted by atomic mass is 9.55. The summed E-state index contributed by atoms with van der Waals surface area (Å²) >= 11 is 6.28. The minimum Gasteiger partial charge on any atom is -0.462 e. The fourth-order valence-corrected chi connectivity index (χ4v) is 5.89. The van der Waals surface area contributed by atoms with E-state index in [9.17, 15) is 4.79 Å². The number of benzene rings is 1. The molecule has 3 heterocycles. The van der Waals surface area contributed by atoms with E-state index in [1.807, 2.05) is 36.4 Å². The third-order valence-electron chi connectivity index (χ3n) is 7.39. The molecular formula is C26H24ClF2N3O3. The average molecular weight is 500 g/mol. The Kier molecular flexibility index (Phi) is 5.95.